The molecule has 2 aliphatic carbocycles. The fourth-order valence-corrected chi connectivity index (χ4v) is 6.13. The Hall–Kier alpha value is -2.62. The van der Waals surface area contributed by atoms with E-state index >= 15 is 0 Å². The van der Waals surface area contributed by atoms with Gasteiger partial charge in [0.05, 0.1) is 24.1 Å². The summed E-state index contributed by atoms with van der Waals surface area (Å²) in [6.45, 7) is -0.322. The molecule has 4 atom stereocenters. The smallest absolute Gasteiger partial charge is 0.333 e. The minimum absolute atomic E-state index is 0.145. The summed E-state index contributed by atoms with van der Waals surface area (Å²) in [4.78, 5) is 8.92. The molecule has 188 valence electrons. The summed E-state index contributed by atoms with van der Waals surface area (Å²) in [6, 6.07) is 10.1. The Balaban J connectivity index is 1.40. The second kappa shape index (κ2) is 9.11. The Kier molecular flexibility index (Phi) is 6.27. The molecule has 35 heavy (non-hydrogen) atoms. The van der Waals surface area contributed by atoms with Gasteiger partial charge in [-0.3, -0.25) is 8.37 Å². The van der Waals surface area contributed by atoms with Gasteiger partial charge in [0.15, 0.2) is 0 Å². The van der Waals surface area contributed by atoms with Gasteiger partial charge in [-0.2, -0.15) is 16.8 Å². The lowest BCUT2D eigenvalue weighted by atomic mass is 10.1. The summed E-state index contributed by atoms with van der Waals surface area (Å²) in [5, 5.41) is 14.4. The van der Waals surface area contributed by atoms with Crippen LogP contribution < -0.4 is 15.6 Å². The highest BCUT2D eigenvalue weighted by Gasteiger charge is 2.39. The Bertz CT molecular complexity index is 1460. The van der Waals surface area contributed by atoms with Gasteiger partial charge in [0.1, 0.15) is 17.8 Å². The second-order valence-corrected chi connectivity index (χ2v) is 11.3. The van der Waals surface area contributed by atoms with Crippen LogP contribution in [0.5, 0.6) is 0 Å². The van der Waals surface area contributed by atoms with Crippen LogP contribution in [0.3, 0.4) is 0 Å². The van der Waals surface area contributed by atoms with Crippen molar-refractivity contribution in [3.8, 4) is 0 Å². The lowest BCUT2D eigenvalue weighted by Crippen LogP contribution is -2.30. The number of benzene rings is 1. The third-order valence-electron chi connectivity index (χ3n) is 6.66. The molecule has 2 aromatic heterocycles. The van der Waals surface area contributed by atoms with E-state index in [4.69, 9.17) is 18.6 Å². The van der Waals surface area contributed by atoms with Gasteiger partial charge < -0.3 is 9.88 Å². The van der Waals surface area contributed by atoms with Crippen LogP contribution in [0.2, 0.25) is 0 Å². The van der Waals surface area contributed by atoms with Crippen LogP contribution in [0.25, 0.3) is 11.0 Å². The van der Waals surface area contributed by atoms with Crippen molar-refractivity contribution in [1.82, 2.24) is 14.5 Å². The van der Waals surface area contributed by atoms with Crippen molar-refractivity contribution < 1.29 is 25.2 Å². The number of hydrogen-bond donors (Lipinski definition) is 3. The zero-order valence-electron chi connectivity index (χ0n) is 18.6. The average Bonchev–Trinajstić information content (AvgIpc) is 3.48. The first-order valence-corrected chi connectivity index (χ1v) is 14.1. The maximum Gasteiger partial charge on any atom is 0.333 e. The summed E-state index contributed by atoms with van der Waals surface area (Å²) in [5.74, 6) is 0.142. The SMILES string of the molecule is NS(=O)(=O)OC[C@@H]1C[C@@H](n2ccc3c(N[C@H]4CCc5ccccc54)ncnc32)C[C@H]1OS(N)(=O)=O. The Labute approximate surface area is 203 Å². The van der Waals surface area contributed by atoms with E-state index in [1.807, 2.05) is 29.0 Å². The number of anilines is 1. The van der Waals surface area contributed by atoms with Gasteiger partial charge >= 0.3 is 20.6 Å². The first-order valence-electron chi connectivity index (χ1n) is 11.1. The van der Waals surface area contributed by atoms with Gasteiger partial charge in [0, 0.05) is 18.2 Å². The van der Waals surface area contributed by atoms with Crippen LogP contribution in [0.1, 0.15) is 42.5 Å². The third kappa shape index (κ3) is 5.32. The van der Waals surface area contributed by atoms with Crippen LogP contribution in [-0.4, -0.2) is 44.1 Å². The molecule has 1 saturated carbocycles. The fraction of sp³-hybridized carbons (Fsp3) is 0.429. The van der Waals surface area contributed by atoms with E-state index in [2.05, 4.69) is 27.4 Å². The van der Waals surface area contributed by atoms with Crippen LogP contribution in [0.4, 0.5) is 5.82 Å². The Morgan fingerprint density at radius 2 is 1.86 bits per heavy atom. The number of nitrogens with zero attached hydrogens (tertiary/aromatic N) is 3. The van der Waals surface area contributed by atoms with Crippen molar-refractivity contribution in [1.29, 1.82) is 0 Å². The number of hydrogen-bond acceptors (Lipinski definition) is 9. The number of aryl methyl sites for hydroxylation is 1. The second-order valence-electron chi connectivity index (χ2n) is 8.91. The van der Waals surface area contributed by atoms with E-state index in [1.165, 1.54) is 17.5 Å². The molecule has 0 saturated heterocycles. The van der Waals surface area contributed by atoms with Crippen LogP contribution >= 0.6 is 0 Å². The standard InChI is InChI=1S/C21H26N6O6S2/c22-34(28,29)32-11-14-9-15(10-19(14)33-35(23,30)31)27-8-7-17-20(24-12-25-21(17)27)26-18-6-5-13-3-1-2-4-16(13)18/h1-4,7-8,12,14-15,18-19H,5-6,9-11H2,(H2,22,28,29)(H2,23,30,31)(H,24,25,26)/t14-,15+,18-,19+/m0/s1. The average molecular weight is 523 g/mol. The lowest BCUT2D eigenvalue weighted by molar-refractivity contribution is 0.127. The summed E-state index contributed by atoms with van der Waals surface area (Å²) >= 11 is 0. The highest BCUT2D eigenvalue weighted by Crippen LogP contribution is 2.40. The van der Waals surface area contributed by atoms with E-state index < -0.39 is 32.6 Å². The minimum Gasteiger partial charge on any atom is -0.363 e. The molecule has 0 radical (unpaired) electrons. The zero-order chi connectivity index (χ0) is 24.8. The van der Waals surface area contributed by atoms with Crippen LogP contribution in [-0.2, 0) is 35.4 Å². The molecule has 0 unspecified atom stereocenters. The molecule has 5 N–H and O–H groups in total. The van der Waals surface area contributed by atoms with Gasteiger partial charge in [0.2, 0.25) is 0 Å². The Morgan fingerprint density at radius 3 is 2.63 bits per heavy atom. The summed E-state index contributed by atoms with van der Waals surface area (Å²) in [6.07, 6.45) is 5.07. The number of fused-ring (bicyclic) bond motifs is 2. The summed E-state index contributed by atoms with van der Waals surface area (Å²) in [7, 11) is -8.45. The van der Waals surface area contributed by atoms with E-state index in [0.29, 0.717) is 17.9 Å². The third-order valence-corrected chi connectivity index (χ3v) is 7.64. The van der Waals surface area contributed by atoms with Crippen molar-refractivity contribution in [3.63, 3.8) is 0 Å². The molecule has 2 heterocycles. The highest BCUT2D eigenvalue weighted by molar-refractivity contribution is 7.84. The van der Waals surface area contributed by atoms with Gasteiger partial charge in [-0.15, -0.1) is 0 Å². The molecule has 1 aromatic carbocycles. The van der Waals surface area contributed by atoms with Crippen molar-refractivity contribution in [2.75, 3.05) is 11.9 Å². The minimum atomic E-state index is -4.25. The van der Waals surface area contributed by atoms with E-state index in [0.717, 1.165) is 18.2 Å². The Morgan fingerprint density at radius 1 is 1.06 bits per heavy atom. The monoisotopic (exact) mass is 522 g/mol. The number of nitrogens with one attached hydrogen (secondary N) is 1. The molecule has 2 aliphatic rings. The number of nitrogens with two attached hydrogens (primary N) is 2. The van der Waals surface area contributed by atoms with Crippen molar-refractivity contribution in [2.24, 2.45) is 16.2 Å². The lowest BCUT2D eigenvalue weighted by Gasteiger charge is -2.17. The van der Waals surface area contributed by atoms with Gasteiger partial charge in [-0.05, 0) is 42.9 Å². The molecule has 14 heteroatoms. The van der Waals surface area contributed by atoms with Crippen LogP contribution in [0.15, 0.2) is 42.9 Å². The molecule has 0 spiro atoms. The van der Waals surface area contributed by atoms with Crippen molar-refractivity contribution in [3.05, 3.63) is 54.0 Å². The largest absolute Gasteiger partial charge is 0.363 e. The van der Waals surface area contributed by atoms with Gasteiger partial charge in [-0.25, -0.2) is 20.2 Å². The summed E-state index contributed by atoms with van der Waals surface area (Å²) in [5.41, 5.74) is 3.25. The molecular formula is C21H26N6O6S2. The fourth-order valence-electron chi connectivity index (χ4n) is 5.19. The number of aromatic nitrogens is 3. The van der Waals surface area contributed by atoms with E-state index in [-0.39, 0.29) is 25.1 Å². The molecule has 3 aromatic rings. The molecular weight excluding hydrogens is 496 g/mol. The molecule has 1 fully saturated rings. The van der Waals surface area contributed by atoms with E-state index in [1.54, 1.807) is 0 Å². The van der Waals surface area contributed by atoms with Crippen molar-refractivity contribution in [2.45, 2.75) is 43.9 Å². The van der Waals surface area contributed by atoms with E-state index in [9.17, 15) is 16.8 Å². The zero-order valence-corrected chi connectivity index (χ0v) is 20.3. The first-order chi connectivity index (χ1) is 16.6. The quantitative estimate of drug-likeness (QED) is 0.392. The predicted molar refractivity (Wildman–Crippen MR) is 127 cm³/mol. The molecule has 0 aliphatic heterocycles. The van der Waals surface area contributed by atoms with Gasteiger partial charge in [0.25, 0.3) is 0 Å². The van der Waals surface area contributed by atoms with Crippen molar-refractivity contribution >= 4 is 37.5 Å². The maximum absolute atomic E-state index is 11.6. The number of rotatable bonds is 8. The molecule has 5 rings (SSSR count). The normalized spacial score (nSPS) is 24.6. The topological polar surface area (TPSA) is 182 Å². The molecule has 0 amide bonds. The summed E-state index contributed by atoms with van der Waals surface area (Å²) < 4.78 is 57.4. The maximum atomic E-state index is 11.6. The first kappa shape index (κ1) is 24.1. The van der Waals surface area contributed by atoms with Crippen LogP contribution in [0, 0.1) is 5.92 Å². The predicted octanol–water partition coefficient (Wildman–Crippen LogP) is 1.29. The highest BCUT2D eigenvalue weighted by atomic mass is 32.2. The van der Waals surface area contributed by atoms with Gasteiger partial charge in [-0.1, -0.05) is 24.3 Å². The molecule has 0 bridgehead atoms. The molecule has 12 nitrogen and oxygen atoms in total.